The van der Waals surface area contributed by atoms with Crippen molar-refractivity contribution in [1.82, 2.24) is 19.0 Å². The zero-order chi connectivity index (χ0) is 21.6. The van der Waals surface area contributed by atoms with Gasteiger partial charge in [-0.15, -0.1) is 0 Å². The van der Waals surface area contributed by atoms with E-state index < -0.39 is 22.7 Å². The molecule has 1 aliphatic rings. The van der Waals surface area contributed by atoms with Crippen molar-refractivity contribution in [3.8, 4) is 5.69 Å². The summed E-state index contributed by atoms with van der Waals surface area (Å²) in [6.07, 6.45) is -1.36. The molecule has 0 saturated carbocycles. The molecule has 10 heteroatoms. The third kappa shape index (κ3) is 3.49. The monoisotopic (exact) mass is 436 g/mol. The number of imidazole rings is 1. The molecule has 1 amide bonds. The van der Waals surface area contributed by atoms with E-state index in [1.54, 1.807) is 17.7 Å². The van der Waals surface area contributed by atoms with Gasteiger partial charge in [-0.25, -0.2) is 4.98 Å². The van der Waals surface area contributed by atoms with Gasteiger partial charge in [-0.05, 0) is 30.7 Å². The Kier molecular flexibility index (Phi) is 4.93. The zero-order valence-corrected chi connectivity index (χ0v) is 16.5. The number of nitrogens with zero attached hydrogens (tertiary/aromatic N) is 4. The summed E-state index contributed by atoms with van der Waals surface area (Å²) in [4.78, 5) is 31.2. The Morgan fingerprint density at radius 3 is 2.57 bits per heavy atom. The van der Waals surface area contributed by atoms with Gasteiger partial charge in [-0.1, -0.05) is 23.7 Å². The number of rotatable bonds is 3. The molecule has 1 aromatic carbocycles. The van der Waals surface area contributed by atoms with Crippen LogP contribution in [-0.4, -0.2) is 31.5 Å². The van der Waals surface area contributed by atoms with E-state index in [2.05, 4.69) is 4.98 Å². The van der Waals surface area contributed by atoms with Gasteiger partial charge in [-0.2, -0.15) is 13.2 Å². The van der Waals surface area contributed by atoms with E-state index in [1.807, 2.05) is 0 Å². The number of aromatic nitrogens is 3. The molecule has 0 spiro atoms. The van der Waals surface area contributed by atoms with Crippen LogP contribution in [0.15, 0.2) is 47.7 Å². The number of hydrogen-bond donors (Lipinski definition) is 0. The van der Waals surface area contributed by atoms with Crippen LogP contribution >= 0.6 is 11.6 Å². The Bertz CT molecular complexity index is 1200. The number of fused-ring (bicyclic) bond motifs is 1. The Morgan fingerprint density at radius 2 is 1.90 bits per heavy atom. The van der Waals surface area contributed by atoms with Crippen molar-refractivity contribution in [3.63, 3.8) is 0 Å². The summed E-state index contributed by atoms with van der Waals surface area (Å²) in [7, 11) is 0. The minimum Gasteiger partial charge on any atom is -0.331 e. The Morgan fingerprint density at radius 1 is 1.13 bits per heavy atom. The van der Waals surface area contributed by atoms with E-state index in [4.69, 9.17) is 11.6 Å². The van der Waals surface area contributed by atoms with Crippen LogP contribution in [0.25, 0.3) is 5.69 Å². The lowest BCUT2D eigenvalue weighted by Crippen LogP contribution is -2.44. The van der Waals surface area contributed by atoms with E-state index in [0.29, 0.717) is 5.69 Å². The quantitative estimate of drug-likeness (QED) is 0.629. The lowest BCUT2D eigenvalue weighted by molar-refractivity contribution is -0.137. The summed E-state index contributed by atoms with van der Waals surface area (Å²) in [5.74, 6) is -0.444. The number of benzene rings is 1. The number of aryl methyl sites for hydroxylation is 1. The maximum atomic E-state index is 13.1. The predicted octanol–water partition coefficient (Wildman–Crippen LogP) is 3.67. The summed E-state index contributed by atoms with van der Waals surface area (Å²) in [5, 5.41) is -0.424. The molecule has 1 aliphatic heterocycles. The molecule has 0 bridgehead atoms. The number of carbonyl (C=O) groups excluding carboxylic acids is 1. The average Bonchev–Trinajstić information content (AvgIpc) is 3.11. The van der Waals surface area contributed by atoms with E-state index in [-0.39, 0.29) is 36.5 Å². The molecule has 30 heavy (non-hydrogen) atoms. The van der Waals surface area contributed by atoms with E-state index >= 15 is 0 Å². The highest BCUT2D eigenvalue weighted by Gasteiger charge is 2.34. The average molecular weight is 437 g/mol. The van der Waals surface area contributed by atoms with Crippen LogP contribution in [0.5, 0.6) is 0 Å². The van der Waals surface area contributed by atoms with Crippen molar-refractivity contribution < 1.29 is 18.0 Å². The number of alkyl halides is 3. The van der Waals surface area contributed by atoms with Gasteiger partial charge in [0.25, 0.3) is 11.5 Å². The number of halogens is 4. The van der Waals surface area contributed by atoms with E-state index in [1.165, 1.54) is 40.1 Å². The van der Waals surface area contributed by atoms with Crippen LogP contribution in [0.3, 0.4) is 0 Å². The van der Waals surface area contributed by atoms with Crippen molar-refractivity contribution in [1.29, 1.82) is 0 Å². The first-order chi connectivity index (χ1) is 14.2. The molecule has 156 valence electrons. The van der Waals surface area contributed by atoms with Gasteiger partial charge in [0, 0.05) is 25.8 Å². The Labute approximate surface area is 174 Å². The molecule has 3 heterocycles. The molecule has 0 atom stereocenters. The highest BCUT2D eigenvalue weighted by Crippen LogP contribution is 2.36. The lowest BCUT2D eigenvalue weighted by atomic mass is 10.1. The fourth-order valence-electron chi connectivity index (χ4n) is 3.49. The summed E-state index contributed by atoms with van der Waals surface area (Å²) in [5.41, 5.74) is 0.202. The van der Waals surface area contributed by atoms with Crippen molar-refractivity contribution in [2.24, 2.45) is 0 Å². The van der Waals surface area contributed by atoms with Gasteiger partial charge in [0.2, 0.25) is 0 Å². The maximum absolute atomic E-state index is 13.1. The molecule has 0 N–H and O–H groups in total. The van der Waals surface area contributed by atoms with E-state index in [9.17, 15) is 22.8 Å². The number of pyridine rings is 1. The third-order valence-corrected chi connectivity index (χ3v) is 5.44. The summed E-state index contributed by atoms with van der Waals surface area (Å²) in [6, 6.07) is 6.69. The van der Waals surface area contributed by atoms with E-state index in [0.717, 1.165) is 11.8 Å². The zero-order valence-electron chi connectivity index (χ0n) is 15.8. The van der Waals surface area contributed by atoms with Crippen molar-refractivity contribution >= 4 is 17.5 Å². The minimum absolute atomic E-state index is 0.0851. The summed E-state index contributed by atoms with van der Waals surface area (Å²) in [6.45, 7) is 2.10. The predicted molar refractivity (Wildman–Crippen MR) is 104 cm³/mol. The molecule has 3 aromatic rings. The molecule has 4 rings (SSSR count). The second-order valence-corrected chi connectivity index (χ2v) is 7.36. The van der Waals surface area contributed by atoms with Gasteiger partial charge >= 0.3 is 6.18 Å². The van der Waals surface area contributed by atoms with Crippen LogP contribution in [-0.2, 0) is 19.3 Å². The summed E-state index contributed by atoms with van der Waals surface area (Å²) >= 11 is 5.95. The van der Waals surface area contributed by atoms with Gasteiger partial charge in [0.15, 0.2) is 0 Å². The highest BCUT2D eigenvalue weighted by atomic mass is 35.5. The minimum atomic E-state index is -4.58. The molecular formula is C20H16ClF3N4O2. The van der Waals surface area contributed by atoms with Crippen molar-refractivity contribution in [2.45, 2.75) is 26.2 Å². The third-order valence-electron chi connectivity index (χ3n) is 4.99. The number of hydrogen-bond acceptors (Lipinski definition) is 3. The first-order valence-corrected chi connectivity index (χ1v) is 9.43. The Hall–Kier alpha value is -3.07. The van der Waals surface area contributed by atoms with Gasteiger partial charge in [0.05, 0.1) is 22.6 Å². The summed E-state index contributed by atoms with van der Waals surface area (Å²) < 4.78 is 42.2. The fourth-order valence-corrected chi connectivity index (χ4v) is 3.78. The second-order valence-electron chi connectivity index (χ2n) is 6.99. The topological polar surface area (TPSA) is 60.1 Å². The molecule has 0 aliphatic carbocycles. The number of carbonyl (C=O) groups is 1. The lowest BCUT2D eigenvalue weighted by Gasteiger charge is -2.30. The highest BCUT2D eigenvalue weighted by molar-refractivity contribution is 6.32. The molecule has 2 aromatic heterocycles. The molecule has 0 unspecified atom stereocenters. The van der Waals surface area contributed by atoms with Crippen LogP contribution in [0.4, 0.5) is 13.2 Å². The van der Waals surface area contributed by atoms with Gasteiger partial charge in [0.1, 0.15) is 11.4 Å². The normalized spacial score (nSPS) is 14.2. The molecular weight excluding hydrogens is 421 g/mol. The smallest absolute Gasteiger partial charge is 0.331 e. The van der Waals surface area contributed by atoms with Crippen molar-refractivity contribution in [2.75, 3.05) is 6.54 Å². The van der Waals surface area contributed by atoms with Crippen LogP contribution < -0.4 is 5.56 Å². The van der Waals surface area contributed by atoms with Gasteiger partial charge in [-0.3, -0.25) is 9.59 Å². The largest absolute Gasteiger partial charge is 0.417 e. The number of amides is 1. The second kappa shape index (κ2) is 7.32. The SMILES string of the molecule is Cc1cn(-c2ccc3n(c2=O)CCN(Cc2cccc(C(F)(F)F)c2Cl)C3=O)cn1. The first kappa shape index (κ1) is 20.2. The van der Waals surface area contributed by atoms with Crippen molar-refractivity contribution in [3.05, 3.63) is 80.7 Å². The van der Waals surface area contributed by atoms with Gasteiger partial charge < -0.3 is 14.0 Å². The van der Waals surface area contributed by atoms with Crippen LogP contribution in [0.1, 0.15) is 27.3 Å². The first-order valence-electron chi connectivity index (χ1n) is 9.05. The molecule has 0 saturated heterocycles. The fraction of sp³-hybridized carbons (Fsp3) is 0.250. The molecule has 0 fully saturated rings. The standard InChI is InChI=1S/C20H16ClF3N4O2/c1-12-9-27(11-25-12)15-5-6-16-18(29)26(7-8-28(16)19(15)30)10-13-3-2-4-14(17(13)21)20(22,23)24/h2-6,9,11H,7-8,10H2,1H3. The van der Waals surface area contributed by atoms with Crippen LogP contribution in [0.2, 0.25) is 5.02 Å². The maximum Gasteiger partial charge on any atom is 0.417 e. The van der Waals surface area contributed by atoms with Crippen LogP contribution in [0, 0.1) is 6.92 Å². The Balaban J connectivity index is 1.64. The molecule has 6 nitrogen and oxygen atoms in total. The molecule has 0 radical (unpaired) electrons.